The van der Waals surface area contributed by atoms with Crippen LogP contribution in [0.4, 0.5) is 0 Å². The zero-order chi connectivity index (χ0) is 15.0. The van der Waals surface area contributed by atoms with Crippen molar-refractivity contribution in [2.75, 3.05) is 13.2 Å². The fourth-order valence-electron chi connectivity index (χ4n) is 2.15. The molecule has 1 unspecified atom stereocenters. The molecule has 0 bridgehead atoms. The van der Waals surface area contributed by atoms with Gasteiger partial charge in [0.05, 0.1) is 11.1 Å². The number of hydrogen-bond acceptors (Lipinski definition) is 2. The van der Waals surface area contributed by atoms with Crippen molar-refractivity contribution in [1.29, 1.82) is 0 Å². The van der Waals surface area contributed by atoms with Crippen LogP contribution in [0, 0.1) is 5.92 Å². The summed E-state index contributed by atoms with van der Waals surface area (Å²) in [6.45, 7) is 10.6. The van der Waals surface area contributed by atoms with E-state index in [9.17, 15) is 0 Å². The molecule has 114 valence electrons. The Balaban J connectivity index is 2.35. The quantitative estimate of drug-likeness (QED) is 0.696. The Bertz CT molecular complexity index is 393. The van der Waals surface area contributed by atoms with Crippen LogP contribution in [0.1, 0.15) is 46.1 Å². The summed E-state index contributed by atoms with van der Waals surface area (Å²) in [7, 11) is 0. The lowest BCUT2D eigenvalue weighted by molar-refractivity contribution is 0.338. The summed E-state index contributed by atoms with van der Waals surface area (Å²) in [4.78, 5) is 0. The van der Waals surface area contributed by atoms with Crippen LogP contribution in [0.5, 0.6) is 5.75 Å². The highest BCUT2D eigenvalue weighted by Gasteiger charge is 2.06. The molecule has 0 saturated carbocycles. The second kappa shape index (κ2) is 9.41. The topological polar surface area (TPSA) is 21.3 Å². The standard InChI is InChI=1S/C17H28BrNO/c1-5-20-17-9-8-15(12-16(17)18)7-6-14(4)10-11-19-13(2)3/h8-9,12-14,19H,5-7,10-11H2,1-4H3. The van der Waals surface area contributed by atoms with Gasteiger partial charge in [0.1, 0.15) is 5.75 Å². The molecular weight excluding hydrogens is 314 g/mol. The minimum atomic E-state index is 0.587. The first-order chi connectivity index (χ1) is 9.52. The minimum Gasteiger partial charge on any atom is -0.493 e. The Hall–Kier alpha value is -0.540. The highest BCUT2D eigenvalue weighted by molar-refractivity contribution is 9.10. The highest BCUT2D eigenvalue weighted by Crippen LogP contribution is 2.27. The number of ether oxygens (including phenoxy) is 1. The van der Waals surface area contributed by atoms with Gasteiger partial charge in [-0.2, -0.15) is 0 Å². The van der Waals surface area contributed by atoms with Gasteiger partial charge in [-0.05, 0) is 72.3 Å². The number of rotatable bonds is 9. The van der Waals surface area contributed by atoms with Crippen molar-refractivity contribution in [1.82, 2.24) is 5.32 Å². The van der Waals surface area contributed by atoms with Gasteiger partial charge in [-0.3, -0.25) is 0 Å². The number of benzene rings is 1. The van der Waals surface area contributed by atoms with E-state index in [1.54, 1.807) is 0 Å². The van der Waals surface area contributed by atoms with Crippen LogP contribution >= 0.6 is 15.9 Å². The lowest BCUT2D eigenvalue weighted by Crippen LogP contribution is -2.24. The molecule has 0 radical (unpaired) electrons. The van der Waals surface area contributed by atoms with E-state index in [0.29, 0.717) is 12.6 Å². The van der Waals surface area contributed by atoms with E-state index < -0.39 is 0 Å². The van der Waals surface area contributed by atoms with Crippen LogP contribution in [0.25, 0.3) is 0 Å². The Morgan fingerprint density at radius 3 is 2.55 bits per heavy atom. The molecule has 0 amide bonds. The van der Waals surface area contributed by atoms with Gasteiger partial charge in [-0.25, -0.2) is 0 Å². The van der Waals surface area contributed by atoms with Crippen LogP contribution < -0.4 is 10.1 Å². The van der Waals surface area contributed by atoms with Crippen LogP contribution in [0.3, 0.4) is 0 Å². The molecule has 0 spiro atoms. The molecule has 3 heteroatoms. The number of nitrogens with one attached hydrogen (secondary N) is 1. The van der Waals surface area contributed by atoms with Crippen molar-refractivity contribution in [3.05, 3.63) is 28.2 Å². The molecule has 0 aliphatic heterocycles. The number of hydrogen-bond donors (Lipinski definition) is 1. The molecule has 1 aromatic carbocycles. The third-order valence-corrected chi connectivity index (χ3v) is 4.03. The molecule has 0 aliphatic rings. The Morgan fingerprint density at radius 1 is 1.20 bits per heavy atom. The third-order valence-electron chi connectivity index (χ3n) is 3.41. The fraction of sp³-hybridized carbons (Fsp3) is 0.647. The molecule has 1 N–H and O–H groups in total. The molecule has 0 aliphatic carbocycles. The van der Waals surface area contributed by atoms with E-state index in [-0.39, 0.29) is 0 Å². The lowest BCUT2D eigenvalue weighted by atomic mass is 9.98. The summed E-state index contributed by atoms with van der Waals surface area (Å²) in [6, 6.07) is 7.01. The maximum absolute atomic E-state index is 5.54. The predicted octanol–water partition coefficient (Wildman–Crippen LogP) is 4.80. The van der Waals surface area contributed by atoms with Crippen LogP contribution in [0.2, 0.25) is 0 Å². The number of aryl methyl sites for hydroxylation is 1. The van der Waals surface area contributed by atoms with Crippen molar-refractivity contribution in [3.8, 4) is 5.75 Å². The van der Waals surface area contributed by atoms with E-state index in [1.165, 1.54) is 18.4 Å². The molecule has 20 heavy (non-hydrogen) atoms. The molecule has 1 aromatic rings. The van der Waals surface area contributed by atoms with Gasteiger partial charge in [0, 0.05) is 6.04 Å². The van der Waals surface area contributed by atoms with Crippen molar-refractivity contribution >= 4 is 15.9 Å². The lowest BCUT2D eigenvalue weighted by Gasteiger charge is -2.14. The number of halogens is 1. The molecular formula is C17H28BrNO. The third kappa shape index (κ3) is 6.76. The van der Waals surface area contributed by atoms with Crippen molar-refractivity contribution < 1.29 is 4.74 Å². The summed E-state index contributed by atoms with van der Waals surface area (Å²) in [5.41, 5.74) is 1.38. The molecule has 0 heterocycles. The van der Waals surface area contributed by atoms with Gasteiger partial charge in [-0.15, -0.1) is 0 Å². The fourth-order valence-corrected chi connectivity index (χ4v) is 2.69. The molecule has 1 atom stereocenters. The zero-order valence-electron chi connectivity index (χ0n) is 13.2. The summed E-state index contributed by atoms with van der Waals surface area (Å²) < 4.78 is 6.60. The average Bonchev–Trinajstić information content (AvgIpc) is 2.39. The Morgan fingerprint density at radius 2 is 1.95 bits per heavy atom. The maximum atomic E-state index is 5.54. The molecule has 0 fully saturated rings. The summed E-state index contributed by atoms with van der Waals surface area (Å²) in [5, 5.41) is 3.48. The van der Waals surface area contributed by atoms with Gasteiger partial charge >= 0.3 is 0 Å². The van der Waals surface area contributed by atoms with Gasteiger partial charge in [0.15, 0.2) is 0 Å². The summed E-state index contributed by atoms with van der Waals surface area (Å²) >= 11 is 3.58. The van der Waals surface area contributed by atoms with E-state index in [1.807, 2.05) is 6.92 Å². The van der Waals surface area contributed by atoms with Crippen molar-refractivity contribution in [2.45, 2.75) is 53.0 Å². The normalized spacial score (nSPS) is 12.7. The SMILES string of the molecule is CCOc1ccc(CCC(C)CCNC(C)C)cc1Br. The second-order valence-corrected chi connectivity index (χ2v) is 6.59. The minimum absolute atomic E-state index is 0.587. The van der Waals surface area contributed by atoms with Gasteiger partial charge in [0.25, 0.3) is 0 Å². The van der Waals surface area contributed by atoms with E-state index in [0.717, 1.165) is 29.1 Å². The second-order valence-electron chi connectivity index (χ2n) is 5.74. The van der Waals surface area contributed by atoms with E-state index >= 15 is 0 Å². The maximum Gasteiger partial charge on any atom is 0.133 e. The first-order valence-electron chi connectivity index (χ1n) is 7.67. The first-order valence-corrected chi connectivity index (χ1v) is 8.46. The highest BCUT2D eigenvalue weighted by atomic mass is 79.9. The molecule has 2 nitrogen and oxygen atoms in total. The van der Waals surface area contributed by atoms with E-state index in [2.05, 4.69) is 60.2 Å². The summed E-state index contributed by atoms with van der Waals surface area (Å²) in [6.07, 6.45) is 3.62. The van der Waals surface area contributed by atoms with Gasteiger partial charge < -0.3 is 10.1 Å². The molecule has 0 saturated heterocycles. The van der Waals surface area contributed by atoms with Crippen LogP contribution in [0.15, 0.2) is 22.7 Å². The smallest absolute Gasteiger partial charge is 0.133 e. The zero-order valence-corrected chi connectivity index (χ0v) is 14.8. The average molecular weight is 342 g/mol. The predicted molar refractivity (Wildman–Crippen MR) is 90.6 cm³/mol. The van der Waals surface area contributed by atoms with Gasteiger partial charge in [-0.1, -0.05) is 26.8 Å². The molecule has 0 aromatic heterocycles. The Kier molecular flexibility index (Phi) is 8.24. The van der Waals surface area contributed by atoms with Crippen molar-refractivity contribution in [3.63, 3.8) is 0 Å². The van der Waals surface area contributed by atoms with Gasteiger partial charge in [0.2, 0.25) is 0 Å². The summed E-state index contributed by atoms with van der Waals surface area (Å²) in [5.74, 6) is 1.69. The van der Waals surface area contributed by atoms with E-state index in [4.69, 9.17) is 4.74 Å². The van der Waals surface area contributed by atoms with Crippen LogP contribution in [-0.2, 0) is 6.42 Å². The Labute approximate surface area is 132 Å². The molecule has 1 rings (SSSR count). The monoisotopic (exact) mass is 341 g/mol. The first kappa shape index (κ1) is 17.5. The van der Waals surface area contributed by atoms with Crippen LogP contribution in [-0.4, -0.2) is 19.2 Å². The largest absolute Gasteiger partial charge is 0.493 e. The van der Waals surface area contributed by atoms with Crippen molar-refractivity contribution in [2.24, 2.45) is 5.92 Å².